The second-order valence-corrected chi connectivity index (χ2v) is 5.25. The molecule has 23 heavy (non-hydrogen) atoms. The van der Waals surface area contributed by atoms with E-state index in [-0.39, 0.29) is 5.78 Å². The summed E-state index contributed by atoms with van der Waals surface area (Å²) < 4.78 is 16.1. The molecule has 0 heterocycles. The summed E-state index contributed by atoms with van der Waals surface area (Å²) in [5.74, 6) is 1.96. The van der Waals surface area contributed by atoms with E-state index >= 15 is 0 Å². The highest BCUT2D eigenvalue weighted by Gasteiger charge is 2.14. The van der Waals surface area contributed by atoms with E-state index in [2.05, 4.69) is 0 Å². The van der Waals surface area contributed by atoms with Crippen LogP contribution in [0, 0.1) is 0 Å². The van der Waals surface area contributed by atoms with Gasteiger partial charge in [0.2, 0.25) is 5.75 Å². The number of methoxy groups -OCH3 is 3. The minimum atomic E-state index is 0.0884. The number of hydrogen-bond acceptors (Lipinski definition) is 4. The van der Waals surface area contributed by atoms with Crippen molar-refractivity contribution in [1.82, 2.24) is 0 Å². The molecule has 0 radical (unpaired) electrons. The number of carbonyl (C=O) groups excluding carboxylic acids is 1. The Balaban J connectivity index is 2.26. The van der Waals surface area contributed by atoms with Crippen LogP contribution in [0.5, 0.6) is 17.2 Å². The van der Waals surface area contributed by atoms with Crippen molar-refractivity contribution in [2.45, 2.75) is 19.8 Å². The predicted molar refractivity (Wildman–Crippen MR) is 90.0 cm³/mol. The lowest BCUT2D eigenvalue weighted by Gasteiger charge is -2.14. The molecule has 4 nitrogen and oxygen atoms in total. The second-order valence-electron chi connectivity index (χ2n) is 5.25. The van der Waals surface area contributed by atoms with Crippen LogP contribution in [0.3, 0.4) is 0 Å². The standard InChI is InChI=1S/C19H22O4/c1-13(20)16-8-6-5-7-15(16)10-9-14-11-17(21-2)19(23-4)18(12-14)22-3/h5-8,11-12H,9-10H2,1-4H3. The molecule has 4 heteroatoms. The maximum absolute atomic E-state index is 11.7. The lowest BCUT2D eigenvalue weighted by atomic mass is 9.97. The fourth-order valence-corrected chi connectivity index (χ4v) is 2.64. The number of aryl methyl sites for hydroxylation is 2. The molecule has 0 saturated carbocycles. The van der Waals surface area contributed by atoms with E-state index in [1.54, 1.807) is 28.3 Å². The summed E-state index contributed by atoms with van der Waals surface area (Å²) in [6.07, 6.45) is 1.55. The van der Waals surface area contributed by atoms with Gasteiger partial charge in [0.05, 0.1) is 21.3 Å². The number of benzene rings is 2. The van der Waals surface area contributed by atoms with Crippen LogP contribution in [0.4, 0.5) is 0 Å². The maximum atomic E-state index is 11.7. The van der Waals surface area contributed by atoms with Crippen LogP contribution in [-0.4, -0.2) is 27.1 Å². The molecule has 122 valence electrons. The minimum absolute atomic E-state index is 0.0884. The molecule has 0 N–H and O–H groups in total. The van der Waals surface area contributed by atoms with E-state index in [1.165, 1.54) is 0 Å². The third-order valence-corrected chi connectivity index (χ3v) is 3.80. The Hall–Kier alpha value is -2.49. The third kappa shape index (κ3) is 3.83. The molecule has 2 rings (SSSR count). The van der Waals surface area contributed by atoms with E-state index in [4.69, 9.17) is 14.2 Å². The highest BCUT2D eigenvalue weighted by molar-refractivity contribution is 5.95. The van der Waals surface area contributed by atoms with E-state index in [0.29, 0.717) is 17.2 Å². The van der Waals surface area contributed by atoms with Gasteiger partial charge in [-0.05, 0) is 43.0 Å². The summed E-state index contributed by atoms with van der Waals surface area (Å²) in [6.45, 7) is 1.60. The Morgan fingerprint density at radius 1 is 0.913 bits per heavy atom. The van der Waals surface area contributed by atoms with E-state index in [0.717, 1.165) is 29.5 Å². The molecule has 0 aliphatic carbocycles. The molecule has 0 spiro atoms. The van der Waals surface area contributed by atoms with Crippen LogP contribution >= 0.6 is 0 Å². The summed E-state index contributed by atoms with van der Waals surface area (Å²) in [4.78, 5) is 11.7. The van der Waals surface area contributed by atoms with Crippen molar-refractivity contribution in [1.29, 1.82) is 0 Å². The van der Waals surface area contributed by atoms with Gasteiger partial charge in [0.15, 0.2) is 17.3 Å². The van der Waals surface area contributed by atoms with Crippen molar-refractivity contribution in [3.63, 3.8) is 0 Å². The van der Waals surface area contributed by atoms with Crippen LogP contribution < -0.4 is 14.2 Å². The average Bonchev–Trinajstić information content (AvgIpc) is 2.58. The number of Topliss-reactive ketones (excluding diaryl/α,β-unsaturated/α-hetero) is 1. The zero-order chi connectivity index (χ0) is 16.8. The Kier molecular flexibility index (Phi) is 5.63. The van der Waals surface area contributed by atoms with Crippen molar-refractivity contribution in [3.05, 3.63) is 53.1 Å². The summed E-state index contributed by atoms with van der Waals surface area (Å²) in [5, 5.41) is 0. The number of rotatable bonds is 7. The number of ketones is 1. The molecule has 0 aromatic heterocycles. The van der Waals surface area contributed by atoms with Gasteiger partial charge in [-0.25, -0.2) is 0 Å². The maximum Gasteiger partial charge on any atom is 0.203 e. The number of ether oxygens (including phenoxy) is 3. The first-order valence-electron chi connectivity index (χ1n) is 7.48. The lowest BCUT2D eigenvalue weighted by molar-refractivity contribution is 0.101. The molecule has 0 atom stereocenters. The predicted octanol–water partition coefficient (Wildman–Crippen LogP) is 3.70. The van der Waals surface area contributed by atoms with Gasteiger partial charge in [0, 0.05) is 5.56 Å². The second kappa shape index (κ2) is 7.68. The number of hydrogen-bond donors (Lipinski definition) is 0. The molecule has 0 saturated heterocycles. The summed E-state index contributed by atoms with van der Waals surface area (Å²) in [5.41, 5.74) is 2.89. The van der Waals surface area contributed by atoms with Crippen LogP contribution in [-0.2, 0) is 12.8 Å². The van der Waals surface area contributed by atoms with Crippen LogP contribution in [0.1, 0.15) is 28.4 Å². The molecule has 0 aliphatic rings. The minimum Gasteiger partial charge on any atom is -0.493 e. The fraction of sp³-hybridized carbons (Fsp3) is 0.316. The van der Waals surface area contributed by atoms with Crippen LogP contribution in [0.15, 0.2) is 36.4 Å². The first kappa shape index (κ1) is 16.9. The van der Waals surface area contributed by atoms with Crippen molar-refractivity contribution >= 4 is 5.78 Å². The first-order valence-corrected chi connectivity index (χ1v) is 7.48. The smallest absolute Gasteiger partial charge is 0.203 e. The average molecular weight is 314 g/mol. The molecule has 0 bridgehead atoms. The summed E-state index contributed by atoms with van der Waals surface area (Å²) in [7, 11) is 4.79. The highest BCUT2D eigenvalue weighted by Crippen LogP contribution is 2.38. The number of carbonyl (C=O) groups is 1. The van der Waals surface area contributed by atoms with Gasteiger partial charge in [-0.2, -0.15) is 0 Å². The van der Waals surface area contributed by atoms with Gasteiger partial charge in [0.25, 0.3) is 0 Å². The lowest BCUT2D eigenvalue weighted by Crippen LogP contribution is -2.02. The fourth-order valence-electron chi connectivity index (χ4n) is 2.64. The Bertz CT molecular complexity index is 667. The Morgan fingerprint density at radius 3 is 2.04 bits per heavy atom. The quantitative estimate of drug-likeness (QED) is 0.731. The topological polar surface area (TPSA) is 44.8 Å². The molecule has 0 unspecified atom stereocenters. The van der Waals surface area contributed by atoms with E-state index < -0.39 is 0 Å². The Morgan fingerprint density at radius 2 is 1.52 bits per heavy atom. The largest absolute Gasteiger partial charge is 0.493 e. The normalized spacial score (nSPS) is 10.3. The molecular weight excluding hydrogens is 292 g/mol. The Labute approximate surface area is 137 Å². The first-order chi connectivity index (χ1) is 11.1. The molecule has 0 amide bonds. The molecule has 0 aliphatic heterocycles. The SMILES string of the molecule is COc1cc(CCc2ccccc2C(C)=O)cc(OC)c1OC. The molecular formula is C19H22O4. The summed E-state index contributed by atoms with van der Waals surface area (Å²) in [6, 6.07) is 11.6. The zero-order valence-electron chi connectivity index (χ0n) is 14.0. The third-order valence-electron chi connectivity index (χ3n) is 3.80. The highest BCUT2D eigenvalue weighted by atomic mass is 16.5. The molecule has 2 aromatic rings. The molecule has 0 fully saturated rings. The zero-order valence-corrected chi connectivity index (χ0v) is 14.0. The van der Waals surface area contributed by atoms with Gasteiger partial charge in [-0.1, -0.05) is 24.3 Å². The van der Waals surface area contributed by atoms with Crippen molar-refractivity contribution in [2.75, 3.05) is 21.3 Å². The molecule has 2 aromatic carbocycles. The van der Waals surface area contributed by atoms with Gasteiger partial charge < -0.3 is 14.2 Å². The van der Waals surface area contributed by atoms with E-state index in [9.17, 15) is 4.79 Å². The van der Waals surface area contributed by atoms with Gasteiger partial charge in [0.1, 0.15) is 0 Å². The van der Waals surface area contributed by atoms with Gasteiger partial charge in [-0.3, -0.25) is 4.79 Å². The monoisotopic (exact) mass is 314 g/mol. The van der Waals surface area contributed by atoms with Crippen LogP contribution in [0.2, 0.25) is 0 Å². The van der Waals surface area contributed by atoms with E-state index in [1.807, 2.05) is 36.4 Å². The summed E-state index contributed by atoms with van der Waals surface area (Å²) >= 11 is 0. The van der Waals surface area contributed by atoms with Crippen molar-refractivity contribution in [3.8, 4) is 17.2 Å². The van der Waals surface area contributed by atoms with Gasteiger partial charge in [-0.15, -0.1) is 0 Å². The van der Waals surface area contributed by atoms with Crippen LogP contribution in [0.25, 0.3) is 0 Å². The van der Waals surface area contributed by atoms with Gasteiger partial charge >= 0.3 is 0 Å². The van der Waals surface area contributed by atoms with Crippen molar-refractivity contribution < 1.29 is 19.0 Å². The van der Waals surface area contributed by atoms with Crippen molar-refractivity contribution in [2.24, 2.45) is 0 Å².